The summed E-state index contributed by atoms with van der Waals surface area (Å²) < 4.78 is 13.6. The molecule has 0 aliphatic carbocycles. The van der Waals surface area contributed by atoms with Crippen LogP contribution in [0.2, 0.25) is 5.02 Å². The first kappa shape index (κ1) is 15.3. The maximum Gasteiger partial charge on any atom is 0.252 e. The number of carbonyl (C=O) groups is 1. The third-order valence-electron chi connectivity index (χ3n) is 2.79. The van der Waals surface area contributed by atoms with Gasteiger partial charge in [0.1, 0.15) is 5.82 Å². The average Bonchev–Trinajstić information content (AvgIpc) is 2.41. The molecule has 0 radical (unpaired) electrons. The highest BCUT2D eigenvalue weighted by Gasteiger charge is 2.09. The molecule has 2 rings (SSSR count). The lowest BCUT2D eigenvalue weighted by Crippen LogP contribution is -2.26. The lowest BCUT2D eigenvalue weighted by molar-refractivity contribution is 0.0953. The van der Waals surface area contributed by atoms with Gasteiger partial charge >= 0.3 is 0 Å². The first-order chi connectivity index (χ1) is 9.56. The van der Waals surface area contributed by atoms with Crippen LogP contribution in [-0.2, 0) is 6.42 Å². The minimum atomic E-state index is -0.341. The second kappa shape index (κ2) is 7.04. The van der Waals surface area contributed by atoms with Crippen molar-refractivity contribution in [1.29, 1.82) is 0 Å². The van der Waals surface area contributed by atoms with Crippen LogP contribution in [-0.4, -0.2) is 12.5 Å². The van der Waals surface area contributed by atoms with E-state index in [1.165, 1.54) is 18.2 Å². The van der Waals surface area contributed by atoms with Crippen molar-refractivity contribution < 1.29 is 9.18 Å². The molecule has 1 N–H and O–H groups in total. The van der Waals surface area contributed by atoms with Gasteiger partial charge in [-0.3, -0.25) is 4.79 Å². The second-order valence-corrected chi connectivity index (χ2v) is 5.86. The molecule has 2 nitrogen and oxygen atoms in total. The van der Waals surface area contributed by atoms with Crippen molar-refractivity contribution >= 4 is 40.1 Å². The smallest absolute Gasteiger partial charge is 0.252 e. The van der Waals surface area contributed by atoms with Crippen LogP contribution < -0.4 is 5.32 Å². The van der Waals surface area contributed by atoms with E-state index < -0.39 is 0 Å². The van der Waals surface area contributed by atoms with Gasteiger partial charge in [0, 0.05) is 15.1 Å². The molecule has 0 aromatic heterocycles. The minimum Gasteiger partial charge on any atom is -0.352 e. The van der Waals surface area contributed by atoms with Crippen molar-refractivity contribution in [2.24, 2.45) is 0 Å². The van der Waals surface area contributed by atoms with Crippen molar-refractivity contribution in [1.82, 2.24) is 5.32 Å². The zero-order valence-electron chi connectivity index (χ0n) is 10.5. The summed E-state index contributed by atoms with van der Waals surface area (Å²) >= 11 is 7.76. The van der Waals surface area contributed by atoms with Gasteiger partial charge in [0.05, 0.1) is 5.56 Å². The molecule has 2 aromatic carbocycles. The van der Waals surface area contributed by atoms with Gasteiger partial charge in [0.25, 0.3) is 5.91 Å². The van der Waals surface area contributed by atoms with Crippen LogP contribution in [0.1, 0.15) is 15.9 Å². The van der Waals surface area contributed by atoms with Gasteiger partial charge < -0.3 is 5.32 Å². The van der Waals surface area contributed by atoms with E-state index in [-0.39, 0.29) is 11.7 Å². The predicted octanol–water partition coefficient (Wildman–Crippen LogP) is 4.06. The molecular formula is C15H12ClFINO. The summed E-state index contributed by atoms with van der Waals surface area (Å²) in [4.78, 5) is 12.0. The topological polar surface area (TPSA) is 29.1 Å². The van der Waals surface area contributed by atoms with Crippen LogP contribution in [0.15, 0.2) is 42.5 Å². The molecule has 0 atom stereocenters. The Labute approximate surface area is 135 Å². The molecule has 0 unspecified atom stereocenters. The molecule has 0 heterocycles. The summed E-state index contributed by atoms with van der Waals surface area (Å²) in [7, 11) is 0. The fraction of sp³-hybridized carbons (Fsp3) is 0.133. The van der Waals surface area contributed by atoms with E-state index >= 15 is 0 Å². The monoisotopic (exact) mass is 403 g/mol. The van der Waals surface area contributed by atoms with Gasteiger partial charge in [-0.25, -0.2) is 4.39 Å². The number of hydrogen-bond donors (Lipinski definition) is 1. The Kier molecular flexibility index (Phi) is 5.37. The minimum absolute atomic E-state index is 0.191. The Hall–Kier alpha value is -1.14. The molecule has 20 heavy (non-hydrogen) atoms. The van der Waals surface area contributed by atoms with Crippen LogP contribution in [0.4, 0.5) is 4.39 Å². The van der Waals surface area contributed by atoms with E-state index in [9.17, 15) is 9.18 Å². The molecule has 0 aliphatic heterocycles. The number of carbonyl (C=O) groups excluding carboxylic acids is 1. The predicted molar refractivity (Wildman–Crippen MR) is 86.6 cm³/mol. The van der Waals surface area contributed by atoms with E-state index in [0.29, 0.717) is 20.7 Å². The van der Waals surface area contributed by atoms with E-state index in [0.717, 1.165) is 12.0 Å². The van der Waals surface area contributed by atoms with Crippen LogP contribution in [0.25, 0.3) is 0 Å². The van der Waals surface area contributed by atoms with Gasteiger partial charge in [0.2, 0.25) is 0 Å². The summed E-state index contributed by atoms with van der Waals surface area (Å²) in [5.41, 5.74) is 1.59. The zero-order valence-corrected chi connectivity index (χ0v) is 13.4. The summed E-state index contributed by atoms with van der Waals surface area (Å²) in [6.45, 7) is 0.522. The van der Waals surface area contributed by atoms with Crippen molar-refractivity contribution in [3.8, 4) is 0 Å². The molecule has 0 spiro atoms. The summed E-state index contributed by atoms with van der Waals surface area (Å²) in [5, 5.41) is 3.52. The van der Waals surface area contributed by atoms with Gasteiger partial charge in [-0.2, -0.15) is 0 Å². The third-order valence-corrected chi connectivity index (χ3v) is 3.93. The quantitative estimate of drug-likeness (QED) is 0.767. The summed E-state index contributed by atoms with van der Waals surface area (Å²) in [6.07, 6.45) is 0.723. The van der Waals surface area contributed by atoms with E-state index in [4.69, 9.17) is 11.6 Å². The number of hydrogen-bond acceptors (Lipinski definition) is 1. The van der Waals surface area contributed by atoms with Crippen LogP contribution in [0.3, 0.4) is 0 Å². The Bertz CT molecular complexity index is 616. The van der Waals surface area contributed by atoms with Gasteiger partial charge in [-0.05, 0) is 64.9 Å². The van der Waals surface area contributed by atoms with Gasteiger partial charge in [-0.15, -0.1) is 0 Å². The maximum absolute atomic E-state index is 13.0. The molecule has 2 aromatic rings. The van der Waals surface area contributed by atoms with E-state index in [1.807, 2.05) is 46.9 Å². The lowest BCUT2D eigenvalue weighted by atomic mass is 10.1. The fourth-order valence-electron chi connectivity index (χ4n) is 1.74. The first-order valence-corrected chi connectivity index (χ1v) is 7.49. The Morgan fingerprint density at radius 1 is 1.20 bits per heavy atom. The Morgan fingerprint density at radius 2 is 1.90 bits per heavy atom. The van der Waals surface area contributed by atoms with Crippen molar-refractivity contribution in [3.05, 3.63) is 68.0 Å². The number of rotatable bonds is 4. The number of amides is 1. The molecule has 0 aliphatic rings. The zero-order chi connectivity index (χ0) is 14.5. The molecule has 0 saturated heterocycles. The molecule has 0 bridgehead atoms. The SMILES string of the molecule is O=C(NCCc1ccc(Cl)cc1)c1ccc(F)cc1I. The van der Waals surface area contributed by atoms with Crippen molar-refractivity contribution in [3.63, 3.8) is 0 Å². The van der Waals surface area contributed by atoms with Gasteiger partial charge in [0.15, 0.2) is 0 Å². The van der Waals surface area contributed by atoms with E-state index in [2.05, 4.69) is 5.32 Å². The third kappa shape index (κ3) is 4.18. The normalized spacial score (nSPS) is 10.3. The van der Waals surface area contributed by atoms with Crippen LogP contribution >= 0.6 is 34.2 Å². The molecule has 1 amide bonds. The van der Waals surface area contributed by atoms with Gasteiger partial charge in [-0.1, -0.05) is 23.7 Å². The van der Waals surface area contributed by atoms with Crippen LogP contribution in [0.5, 0.6) is 0 Å². The summed E-state index contributed by atoms with van der Waals surface area (Å²) in [6, 6.07) is 11.6. The summed E-state index contributed by atoms with van der Waals surface area (Å²) in [5.74, 6) is -0.532. The molecule has 0 fully saturated rings. The molecular weight excluding hydrogens is 392 g/mol. The Balaban J connectivity index is 1.90. The highest BCUT2D eigenvalue weighted by Crippen LogP contribution is 2.14. The lowest BCUT2D eigenvalue weighted by Gasteiger charge is -2.07. The highest BCUT2D eigenvalue weighted by molar-refractivity contribution is 14.1. The van der Waals surface area contributed by atoms with Crippen molar-refractivity contribution in [2.45, 2.75) is 6.42 Å². The van der Waals surface area contributed by atoms with Crippen LogP contribution in [0, 0.1) is 9.39 Å². The van der Waals surface area contributed by atoms with E-state index in [1.54, 1.807) is 0 Å². The molecule has 5 heteroatoms. The highest BCUT2D eigenvalue weighted by atomic mass is 127. The number of halogens is 3. The maximum atomic E-state index is 13.0. The average molecular weight is 404 g/mol. The first-order valence-electron chi connectivity index (χ1n) is 6.04. The number of benzene rings is 2. The second-order valence-electron chi connectivity index (χ2n) is 4.26. The molecule has 0 saturated carbocycles. The number of nitrogens with one attached hydrogen (secondary N) is 1. The van der Waals surface area contributed by atoms with Crippen molar-refractivity contribution in [2.75, 3.05) is 6.54 Å². The largest absolute Gasteiger partial charge is 0.352 e. The Morgan fingerprint density at radius 3 is 2.55 bits per heavy atom. The standard InChI is InChI=1S/C15H12ClFINO/c16-11-3-1-10(2-4-11)7-8-19-15(20)13-6-5-12(17)9-14(13)18/h1-6,9H,7-8H2,(H,19,20). The fourth-order valence-corrected chi connectivity index (χ4v) is 2.59. The molecule has 104 valence electrons.